The summed E-state index contributed by atoms with van der Waals surface area (Å²) in [5.41, 5.74) is 8.86. The van der Waals surface area contributed by atoms with Gasteiger partial charge in [0.15, 0.2) is 5.69 Å². The average molecular weight is 429 g/mol. The van der Waals surface area contributed by atoms with Crippen molar-refractivity contribution in [2.45, 2.75) is 12.5 Å². The van der Waals surface area contributed by atoms with Crippen LogP contribution in [0.25, 0.3) is 27.8 Å². The van der Waals surface area contributed by atoms with Gasteiger partial charge in [-0.3, -0.25) is 9.48 Å². The third-order valence-corrected chi connectivity index (χ3v) is 5.67. The fourth-order valence-electron chi connectivity index (χ4n) is 4.06. The van der Waals surface area contributed by atoms with Gasteiger partial charge in [0.05, 0.1) is 22.5 Å². The first-order valence-corrected chi connectivity index (χ1v) is 10.2. The number of hydrogen-bond donors (Lipinski definition) is 1. The molecule has 2 N–H and O–H groups in total. The first-order chi connectivity index (χ1) is 15.4. The van der Waals surface area contributed by atoms with Gasteiger partial charge in [0, 0.05) is 49.4 Å². The molecule has 4 aromatic rings. The Labute approximate surface area is 183 Å². The predicted molar refractivity (Wildman–Crippen MR) is 116 cm³/mol. The van der Waals surface area contributed by atoms with E-state index in [0.717, 1.165) is 22.9 Å². The van der Waals surface area contributed by atoms with Crippen molar-refractivity contribution < 1.29 is 9.18 Å². The van der Waals surface area contributed by atoms with Gasteiger partial charge >= 0.3 is 0 Å². The minimum atomic E-state index is -0.646. The molecular weight excluding hydrogens is 409 g/mol. The topological polar surface area (TPSA) is 106 Å². The maximum Gasteiger partial charge on any atom is 0.274 e. The summed E-state index contributed by atoms with van der Waals surface area (Å²) in [5, 5.41) is 18.9. The number of rotatable bonds is 3. The smallest absolute Gasteiger partial charge is 0.274 e. The summed E-state index contributed by atoms with van der Waals surface area (Å²) in [5.74, 6) is -0.859. The van der Waals surface area contributed by atoms with Gasteiger partial charge in [-0.2, -0.15) is 15.5 Å². The number of carbonyl (C=O) groups excluding carboxylic acids is 1. The molecule has 1 saturated heterocycles. The van der Waals surface area contributed by atoms with Crippen LogP contribution >= 0.6 is 0 Å². The molecule has 5 rings (SSSR count). The first kappa shape index (κ1) is 19.9. The molecule has 0 spiro atoms. The zero-order valence-electron chi connectivity index (χ0n) is 17.4. The van der Waals surface area contributed by atoms with Crippen molar-refractivity contribution in [1.82, 2.24) is 24.5 Å². The van der Waals surface area contributed by atoms with Crippen LogP contribution in [0.1, 0.15) is 22.5 Å². The Morgan fingerprint density at radius 2 is 2.06 bits per heavy atom. The number of hydrogen-bond acceptors (Lipinski definition) is 5. The van der Waals surface area contributed by atoms with Crippen LogP contribution in [0.3, 0.4) is 0 Å². The number of nitrogens with two attached hydrogens (primary N) is 1. The van der Waals surface area contributed by atoms with Crippen LogP contribution < -0.4 is 5.73 Å². The Kier molecular flexibility index (Phi) is 4.72. The summed E-state index contributed by atoms with van der Waals surface area (Å²) in [4.78, 5) is 14.8. The first-order valence-electron chi connectivity index (χ1n) is 10.2. The zero-order chi connectivity index (χ0) is 22.4. The van der Waals surface area contributed by atoms with E-state index in [0.29, 0.717) is 24.5 Å². The summed E-state index contributed by atoms with van der Waals surface area (Å²) in [6, 6.07) is 13.5. The van der Waals surface area contributed by atoms with Crippen LogP contribution in [0, 0.1) is 17.1 Å². The summed E-state index contributed by atoms with van der Waals surface area (Å²) in [6.45, 7) is 1.06. The fraction of sp³-hybridized carbons (Fsp3) is 0.217. The van der Waals surface area contributed by atoms with Crippen LogP contribution in [0.4, 0.5) is 4.39 Å². The summed E-state index contributed by atoms with van der Waals surface area (Å²) in [7, 11) is 1.85. The van der Waals surface area contributed by atoms with E-state index in [-0.39, 0.29) is 23.2 Å². The SMILES string of the molecule is Cn1cc2cc(-c3cc(C(=O)N4CC[C@H](N)C4)nn3-c3ccc(C#N)c(F)c3)ccc2n1. The van der Waals surface area contributed by atoms with E-state index in [2.05, 4.69) is 10.2 Å². The number of amides is 1. The summed E-state index contributed by atoms with van der Waals surface area (Å²) < 4.78 is 17.6. The minimum Gasteiger partial charge on any atom is -0.336 e. The van der Waals surface area contributed by atoms with E-state index < -0.39 is 5.82 Å². The lowest BCUT2D eigenvalue weighted by Crippen LogP contribution is -2.32. The lowest BCUT2D eigenvalue weighted by atomic mass is 10.1. The molecular formula is C23H20FN7O. The van der Waals surface area contributed by atoms with E-state index >= 15 is 0 Å². The van der Waals surface area contributed by atoms with Crippen molar-refractivity contribution in [2.24, 2.45) is 12.8 Å². The van der Waals surface area contributed by atoms with E-state index in [4.69, 9.17) is 11.0 Å². The molecule has 0 bridgehead atoms. The molecule has 9 heteroatoms. The van der Waals surface area contributed by atoms with E-state index in [1.165, 1.54) is 16.8 Å². The molecule has 0 unspecified atom stereocenters. The maximum absolute atomic E-state index is 14.4. The highest BCUT2D eigenvalue weighted by Gasteiger charge is 2.27. The van der Waals surface area contributed by atoms with Crippen molar-refractivity contribution >= 4 is 16.8 Å². The number of halogens is 1. The van der Waals surface area contributed by atoms with Gasteiger partial charge in [-0.15, -0.1) is 0 Å². The highest BCUT2D eigenvalue weighted by Crippen LogP contribution is 2.28. The lowest BCUT2D eigenvalue weighted by molar-refractivity contribution is 0.0784. The third kappa shape index (κ3) is 3.40. The normalized spacial score (nSPS) is 15.9. The second kappa shape index (κ2) is 7.59. The van der Waals surface area contributed by atoms with E-state index in [1.54, 1.807) is 21.7 Å². The molecule has 1 fully saturated rings. The molecule has 0 saturated carbocycles. The Hall–Kier alpha value is -4.03. The van der Waals surface area contributed by atoms with E-state index in [1.807, 2.05) is 37.5 Å². The van der Waals surface area contributed by atoms with Gasteiger partial charge in [-0.25, -0.2) is 9.07 Å². The maximum atomic E-state index is 14.4. The Balaban J connectivity index is 1.64. The van der Waals surface area contributed by atoms with Crippen molar-refractivity contribution in [3.8, 4) is 23.0 Å². The number of nitriles is 1. The summed E-state index contributed by atoms with van der Waals surface area (Å²) in [6.07, 6.45) is 2.65. The number of aromatic nitrogens is 4. The number of nitrogens with zero attached hydrogens (tertiary/aromatic N) is 6. The van der Waals surface area contributed by atoms with Crippen LogP contribution in [0.5, 0.6) is 0 Å². The van der Waals surface area contributed by atoms with Gasteiger partial charge < -0.3 is 10.6 Å². The van der Waals surface area contributed by atoms with Crippen molar-refractivity contribution in [3.05, 3.63) is 65.7 Å². The second-order valence-corrected chi connectivity index (χ2v) is 7.98. The number of benzene rings is 2. The largest absolute Gasteiger partial charge is 0.336 e. The minimum absolute atomic E-state index is 0.0406. The van der Waals surface area contributed by atoms with Crippen LogP contribution in [-0.2, 0) is 7.05 Å². The highest BCUT2D eigenvalue weighted by molar-refractivity contribution is 5.94. The third-order valence-electron chi connectivity index (χ3n) is 5.67. The number of likely N-dealkylation sites (tertiary alicyclic amines) is 1. The molecule has 160 valence electrons. The Morgan fingerprint density at radius 3 is 2.78 bits per heavy atom. The molecule has 1 aliphatic heterocycles. The average Bonchev–Trinajstić information content (AvgIpc) is 3.49. The van der Waals surface area contributed by atoms with Gasteiger partial charge in [-0.1, -0.05) is 6.07 Å². The van der Waals surface area contributed by atoms with Gasteiger partial charge in [-0.05, 0) is 36.8 Å². The molecule has 2 aromatic heterocycles. The second-order valence-electron chi connectivity index (χ2n) is 7.98. The molecule has 1 atom stereocenters. The standard InChI is InChI=1S/C23H20FN7O/c1-29-12-16-8-14(3-5-20(16)27-29)22-10-21(23(32)30-7-6-17(26)13-30)28-31(22)18-4-2-15(11-25)19(24)9-18/h2-5,8-10,12,17H,6-7,13,26H2,1H3/t17-/m0/s1. The van der Waals surface area contributed by atoms with Crippen LogP contribution in [-0.4, -0.2) is 49.5 Å². The molecule has 2 aromatic carbocycles. The van der Waals surface area contributed by atoms with Crippen molar-refractivity contribution in [3.63, 3.8) is 0 Å². The zero-order valence-corrected chi connectivity index (χ0v) is 17.4. The summed E-state index contributed by atoms with van der Waals surface area (Å²) >= 11 is 0. The molecule has 0 radical (unpaired) electrons. The van der Waals surface area contributed by atoms with Gasteiger partial charge in [0.25, 0.3) is 5.91 Å². The quantitative estimate of drug-likeness (QED) is 0.539. The molecule has 0 aliphatic carbocycles. The Morgan fingerprint density at radius 1 is 1.22 bits per heavy atom. The van der Waals surface area contributed by atoms with Gasteiger partial charge in [0.1, 0.15) is 11.9 Å². The molecule has 8 nitrogen and oxygen atoms in total. The number of fused-ring (bicyclic) bond motifs is 1. The van der Waals surface area contributed by atoms with Crippen molar-refractivity contribution in [2.75, 3.05) is 13.1 Å². The predicted octanol–water partition coefficient (Wildman–Crippen LogP) is 2.61. The van der Waals surface area contributed by atoms with E-state index in [9.17, 15) is 9.18 Å². The monoisotopic (exact) mass is 429 g/mol. The highest BCUT2D eigenvalue weighted by atomic mass is 19.1. The van der Waals surface area contributed by atoms with Crippen molar-refractivity contribution in [1.29, 1.82) is 5.26 Å². The number of carbonyl (C=O) groups is 1. The number of aryl methyl sites for hydroxylation is 1. The molecule has 1 amide bonds. The van der Waals surface area contributed by atoms with Crippen LogP contribution in [0.15, 0.2) is 48.7 Å². The Bertz CT molecular complexity index is 1400. The van der Waals surface area contributed by atoms with Gasteiger partial charge in [0.2, 0.25) is 0 Å². The van der Waals surface area contributed by atoms with Crippen LogP contribution in [0.2, 0.25) is 0 Å². The fourth-order valence-corrected chi connectivity index (χ4v) is 4.06. The molecule has 32 heavy (non-hydrogen) atoms. The lowest BCUT2D eigenvalue weighted by Gasteiger charge is -2.13. The molecule has 1 aliphatic rings. The molecule has 3 heterocycles.